The lowest BCUT2D eigenvalue weighted by Crippen LogP contribution is -2.51. The van der Waals surface area contributed by atoms with Gasteiger partial charge in [-0.25, -0.2) is 0 Å². The second-order valence-electron chi connectivity index (χ2n) is 14.1. The maximum Gasteiger partial charge on any atom is 0.233 e. The molecule has 5 atom stereocenters. The first kappa shape index (κ1) is 42.6. The quantitative estimate of drug-likeness (QED) is 0.214. The predicted molar refractivity (Wildman–Crippen MR) is 213 cm³/mol. The van der Waals surface area contributed by atoms with Gasteiger partial charge in [0.05, 0.1) is 38.3 Å². The number of aliphatic hydroxyl groups is 2. The highest BCUT2D eigenvalue weighted by molar-refractivity contribution is 7.99. The molecule has 14 nitrogen and oxygen atoms in total. The summed E-state index contributed by atoms with van der Waals surface area (Å²) in [4.78, 5) is 35.9. The van der Waals surface area contributed by atoms with Crippen LogP contribution in [0.25, 0.3) is 17.1 Å². The Kier molecular flexibility index (Phi) is 15.7. The van der Waals surface area contributed by atoms with Gasteiger partial charge in [-0.3, -0.25) is 19.1 Å². The highest BCUT2D eigenvalue weighted by Gasteiger charge is 2.38. The minimum Gasteiger partial charge on any atom is -0.497 e. The normalized spacial score (nSPS) is 21.6. The van der Waals surface area contributed by atoms with Gasteiger partial charge < -0.3 is 39.0 Å². The molecule has 0 saturated carbocycles. The van der Waals surface area contributed by atoms with Crippen LogP contribution in [0.1, 0.15) is 45.2 Å². The van der Waals surface area contributed by atoms with E-state index >= 15 is 0 Å². The van der Waals surface area contributed by atoms with Gasteiger partial charge in [0.15, 0.2) is 11.0 Å². The van der Waals surface area contributed by atoms with E-state index in [2.05, 4.69) is 29.0 Å². The maximum absolute atomic E-state index is 14.9. The van der Waals surface area contributed by atoms with Crippen molar-refractivity contribution in [1.82, 2.24) is 29.5 Å². The third-order valence-electron chi connectivity index (χ3n) is 10.2. The Morgan fingerprint density at radius 1 is 0.964 bits per heavy atom. The Balaban J connectivity index is 1.57. The van der Waals surface area contributed by atoms with Crippen LogP contribution in [0, 0.1) is 11.8 Å². The van der Waals surface area contributed by atoms with Crippen LogP contribution in [-0.4, -0.2) is 130 Å². The molecule has 2 N–H and O–H groups in total. The van der Waals surface area contributed by atoms with Gasteiger partial charge in [-0.1, -0.05) is 49.9 Å². The molecule has 2 aromatic carbocycles. The van der Waals surface area contributed by atoms with Crippen molar-refractivity contribution in [3.8, 4) is 28.6 Å². The number of carbonyl (C=O) groups excluding carboxylic acids is 2. The summed E-state index contributed by atoms with van der Waals surface area (Å²) in [6.45, 7) is 6.52. The fourth-order valence-electron chi connectivity index (χ4n) is 7.03. The van der Waals surface area contributed by atoms with Crippen LogP contribution in [0.15, 0.2) is 78.2 Å². The highest BCUT2D eigenvalue weighted by Crippen LogP contribution is 2.38. The van der Waals surface area contributed by atoms with E-state index in [0.29, 0.717) is 48.5 Å². The molecule has 56 heavy (non-hydrogen) atoms. The lowest BCUT2D eigenvalue weighted by atomic mass is 9.82. The summed E-state index contributed by atoms with van der Waals surface area (Å²) in [5.41, 5.74) is 2.38. The summed E-state index contributed by atoms with van der Waals surface area (Å²) < 4.78 is 24.7. The first-order valence-electron chi connectivity index (χ1n) is 18.8. The Bertz CT molecular complexity index is 1860. The lowest BCUT2D eigenvalue weighted by molar-refractivity contribution is -0.139. The number of benzene rings is 2. The van der Waals surface area contributed by atoms with E-state index in [1.807, 2.05) is 70.1 Å². The molecule has 0 radical (unpaired) electrons. The topological polar surface area (TPSA) is 162 Å². The zero-order chi connectivity index (χ0) is 40.2. The van der Waals surface area contributed by atoms with E-state index in [1.165, 1.54) is 25.8 Å². The fourth-order valence-corrected chi connectivity index (χ4v) is 7.86. The van der Waals surface area contributed by atoms with Gasteiger partial charge in [0.1, 0.15) is 29.8 Å². The van der Waals surface area contributed by atoms with Crippen LogP contribution >= 0.6 is 11.8 Å². The number of amides is 2. The molecule has 0 bridgehead atoms. The van der Waals surface area contributed by atoms with E-state index in [1.54, 1.807) is 31.5 Å². The average molecular weight is 791 g/mol. The number of carbonyl (C=O) groups is 2. The number of thioether (sulfide) groups is 1. The summed E-state index contributed by atoms with van der Waals surface area (Å²) in [5, 5.41) is 31.4. The Hall–Kier alpha value is -4.54. The second kappa shape index (κ2) is 20.6. The number of hydrogen-bond acceptors (Lipinski definition) is 12. The molecule has 15 heteroatoms. The highest BCUT2D eigenvalue weighted by atomic mass is 32.2. The van der Waals surface area contributed by atoms with Gasteiger partial charge in [0.2, 0.25) is 11.8 Å². The van der Waals surface area contributed by atoms with Gasteiger partial charge in [0.25, 0.3) is 0 Å². The van der Waals surface area contributed by atoms with E-state index in [9.17, 15) is 19.8 Å². The molecular weight excluding hydrogens is 737 g/mol. The number of rotatable bonds is 10. The third kappa shape index (κ3) is 10.4. The van der Waals surface area contributed by atoms with E-state index in [4.69, 9.17) is 18.9 Å². The van der Waals surface area contributed by atoms with Gasteiger partial charge in [-0.2, -0.15) is 0 Å². The summed E-state index contributed by atoms with van der Waals surface area (Å²) >= 11 is 1.28. The molecule has 0 unspecified atom stereocenters. The van der Waals surface area contributed by atoms with Gasteiger partial charge in [-0.15, -0.1) is 10.2 Å². The Labute approximate surface area is 333 Å². The summed E-state index contributed by atoms with van der Waals surface area (Å²) in [7, 11) is 4.66. The Morgan fingerprint density at radius 3 is 2.43 bits per heavy atom. The molecule has 5 rings (SSSR count). The van der Waals surface area contributed by atoms with E-state index in [0.717, 1.165) is 16.8 Å². The zero-order valence-corrected chi connectivity index (χ0v) is 33.8. The van der Waals surface area contributed by atoms with Crippen LogP contribution in [0.4, 0.5) is 0 Å². The van der Waals surface area contributed by atoms with E-state index < -0.39 is 24.4 Å². The molecule has 0 spiro atoms. The van der Waals surface area contributed by atoms with Crippen LogP contribution in [0.5, 0.6) is 11.5 Å². The number of ether oxygens (including phenoxy) is 4. The van der Waals surface area contributed by atoms with Crippen molar-refractivity contribution in [1.29, 1.82) is 0 Å². The minimum atomic E-state index is -1.29. The average Bonchev–Trinajstić information content (AvgIpc) is 3.64. The van der Waals surface area contributed by atoms with Crippen LogP contribution in [0.3, 0.4) is 0 Å². The molecule has 2 aromatic heterocycles. The summed E-state index contributed by atoms with van der Waals surface area (Å²) in [6, 6.07) is 18.5. The standard InChI is InChI=1S/C41H54N6O8S/c1-27(2)32-23-45(28(3)48)24-36(54-6)39(51)34(49)25-55-21-10-9-20-46(38(32)30-12-11-13-31(22-30)52-4)37(50)26-56-41-44-43-40(29-16-18-42-19-17-29)47(41)33-14-7-8-15-35(33)53-5/h7-8,11-19,22,27,32,34,36,38-39,49,51H,9-10,20-21,23-26H2,1-6H3/t32-,34+,36+,38-,39+/m1/s1. The van der Waals surface area contributed by atoms with Crippen molar-refractivity contribution in [2.45, 2.75) is 63.1 Å². The molecule has 1 aliphatic heterocycles. The SMILES string of the molecule is COc1cccc([C@@H]2[C@@H](C(C)C)CN(C(C)=O)C[C@H](OC)[C@@H](O)[C@@H](O)COCCCCN2C(=O)CSc2nnc(-c3ccncc3)n2-c2ccccc2OC)c1. The minimum absolute atomic E-state index is 0.0110. The number of aromatic nitrogens is 4. The number of nitrogens with zero attached hydrogens (tertiary/aromatic N) is 6. The Morgan fingerprint density at radius 2 is 1.73 bits per heavy atom. The molecule has 302 valence electrons. The first-order valence-corrected chi connectivity index (χ1v) is 19.8. The van der Waals surface area contributed by atoms with Crippen molar-refractivity contribution in [3.05, 3.63) is 78.6 Å². The van der Waals surface area contributed by atoms with Crippen molar-refractivity contribution < 1.29 is 38.7 Å². The van der Waals surface area contributed by atoms with Crippen molar-refractivity contribution >= 4 is 23.6 Å². The monoisotopic (exact) mass is 790 g/mol. The van der Waals surface area contributed by atoms with Crippen molar-refractivity contribution in [2.24, 2.45) is 11.8 Å². The zero-order valence-electron chi connectivity index (χ0n) is 33.0. The van der Waals surface area contributed by atoms with E-state index in [-0.39, 0.29) is 49.1 Å². The van der Waals surface area contributed by atoms with Crippen LogP contribution in [-0.2, 0) is 19.1 Å². The number of para-hydroxylation sites is 2. The molecule has 3 heterocycles. The van der Waals surface area contributed by atoms with Crippen molar-refractivity contribution in [3.63, 3.8) is 0 Å². The smallest absolute Gasteiger partial charge is 0.233 e. The number of aliphatic hydroxyl groups excluding tert-OH is 2. The molecule has 2 amide bonds. The molecule has 1 fully saturated rings. The number of hydrogen-bond donors (Lipinski definition) is 2. The molecule has 4 aromatic rings. The van der Waals surface area contributed by atoms with Crippen molar-refractivity contribution in [2.75, 3.05) is 59.9 Å². The summed E-state index contributed by atoms with van der Waals surface area (Å²) in [6.07, 6.45) is 1.20. The molecule has 1 aliphatic rings. The van der Waals surface area contributed by atoms with Gasteiger partial charge in [0, 0.05) is 64.1 Å². The maximum atomic E-state index is 14.9. The van der Waals surface area contributed by atoms with Crippen LogP contribution in [0.2, 0.25) is 0 Å². The van der Waals surface area contributed by atoms with Gasteiger partial charge in [-0.05, 0) is 60.7 Å². The predicted octanol–water partition coefficient (Wildman–Crippen LogP) is 4.68. The lowest BCUT2D eigenvalue weighted by Gasteiger charge is -2.42. The van der Waals surface area contributed by atoms with Crippen LogP contribution < -0.4 is 9.47 Å². The first-order chi connectivity index (χ1) is 27.1. The fraction of sp³-hybridized carbons (Fsp3) is 0.488. The molecule has 0 aliphatic carbocycles. The van der Waals surface area contributed by atoms with Gasteiger partial charge >= 0.3 is 0 Å². The largest absolute Gasteiger partial charge is 0.497 e. The molecule has 1 saturated heterocycles. The third-order valence-corrected chi connectivity index (χ3v) is 11.1. The number of methoxy groups -OCH3 is 3. The second-order valence-corrected chi connectivity index (χ2v) is 15.0. The number of pyridine rings is 1. The molecular formula is C41H54N6O8S. The summed E-state index contributed by atoms with van der Waals surface area (Å²) in [5.74, 6) is 1.24.